The van der Waals surface area contributed by atoms with Crippen molar-refractivity contribution in [1.29, 1.82) is 0 Å². The Morgan fingerprint density at radius 2 is 1.77 bits per heavy atom. The molecule has 22 heavy (non-hydrogen) atoms. The summed E-state index contributed by atoms with van der Waals surface area (Å²) >= 11 is 0. The molecule has 2 aliphatic heterocycles. The largest absolute Gasteiger partial charge is 0.316 e. The summed E-state index contributed by atoms with van der Waals surface area (Å²) in [5, 5.41) is 3.42. The minimum Gasteiger partial charge on any atom is -0.316 e. The van der Waals surface area contributed by atoms with Gasteiger partial charge in [0.05, 0.1) is 5.75 Å². The fraction of sp³-hybridized carbons (Fsp3) is 0.647. The van der Waals surface area contributed by atoms with Gasteiger partial charge in [-0.05, 0) is 56.7 Å². The lowest BCUT2D eigenvalue weighted by Gasteiger charge is -2.34. The highest BCUT2D eigenvalue weighted by atomic mass is 32.2. The fourth-order valence-electron chi connectivity index (χ4n) is 3.69. The summed E-state index contributed by atoms with van der Waals surface area (Å²) in [5.74, 6) is 1.57. The van der Waals surface area contributed by atoms with Crippen LogP contribution < -0.4 is 5.32 Å². The van der Waals surface area contributed by atoms with Crippen LogP contribution in [0.25, 0.3) is 0 Å². The molecule has 2 saturated heterocycles. The molecule has 0 radical (unpaired) electrons. The first-order valence-electron chi connectivity index (χ1n) is 8.29. The Bertz CT molecular complexity index is 584. The predicted molar refractivity (Wildman–Crippen MR) is 89.1 cm³/mol. The van der Waals surface area contributed by atoms with Crippen LogP contribution in [0.1, 0.15) is 30.4 Å². The van der Waals surface area contributed by atoms with Crippen molar-refractivity contribution in [2.45, 2.75) is 31.9 Å². The molecule has 0 aromatic heterocycles. The molecule has 0 saturated carbocycles. The van der Waals surface area contributed by atoms with Gasteiger partial charge in [0, 0.05) is 13.1 Å². The van der Waals surface area contributed by atoms with Crippen LogP contribution in [0.15, 0.2) is 24.3 Å². The van der Waals surface area contributed by atoms with Crippen molar-refractivity contribution in [2.75, 3.05) is 26.2 Å². The van der Waals surface area contributed by atoms with Crippen molar-refractivity contribution >= 4 is 10.0 Å². The van der Waals surface area contributed by atoms with Crippen molar-refractivity contribution in [3.05, 3.63) is 35.4 Å². The molecule has 2 fully saturated rings. The van der Waals surface area contributed by atoms with E-state index in [-0.39, 0.29) is 5.75 Å². The molecule has 0 bridgehead atoms. The number of benzene rings is 1. The number of hydrogen-bond donors (Lipinski definition) is 1. The van der Waals surface area contributed by atoms with Crippen LogP contribution in [0.2, 0.25) is 0 Å². The average molecular weight is 322 g/mol. The Hall–Kier alpha value is -0.910. The first-order valence-corrected chi connectivity index (χ1v) is 9.89. The molecule has 1 unspecified atom stereocenters. The van der Waals surface area contributed by atoms with Crippen molar-refractivity contribution in [2.24, 2.45) is 11.8 Å². The van der Waals surface area contributed by atoms with Crippen molar-refractivity contribution in [3.8, 4) is 0 Å². The van der Waals surface area contributed by atoms with Crippen LogP contribution in [-0.4, -0.2) is 38.9 Å². The molecule has 3 rings (SSSR count). The van der Waals surface area contributed by atoms with Gasteiger partial charge < -0.3 is 5.32 Å². The van der Waals surface area contributed by atoms with Gasteiger partial charge in [0.1, 0.15) is 0 Å². The van der Waals surface area contributed by atoms with E-state index in [9.17, 15) is 8.42 Å². The summed E-state index contributed by atoms with van der Waals surface area (Å²) < 4.78 is 26.9. The molecule has 0 spiro atoms. The van der Waals surface area contributed by atoms with Crippen LogP contribution in [0.4, 0.5) is 0 Å². The monoisotopic (exact) mass is 322 g/mol. The van der Waals surface area contributed by atoms with Crippen LogP contribution in [0, 0.1) is 18.8 Å². The number of sulfonamides is 1. The summed E-state index contributed by atoms with van der Waals surface area (Å²) in [5.41, 5.74) is 2.04. The zero-order valence-electron chi connectivity index (χ0n) is 13.3. The Labute approximate surface area is 134 Å². The summed E-state index contributed by atoms with van der Waals surface area (Å²) in [6.07, 6.45) is 3.28. The third-order valence-corrected chi connectivity index (χ3v) is 6.98. The highest BCUT2D eigenvalue weighted by Gasteiger charge is 2.32. The molecule has 122 valence electrons. The molecular formula is C17H26N2O2S. The van der Waals surface area contributed by atoms with Gasteiger partial charge in [-0.1, -0.05) is 29.8 Å². The molecule has 2 heterocycles. The van der Waals surface area contributed by atoms with Crippen molar-refractivity contribution in [3.63, 3.8) is 0 Å². The van der Waals surface area contributed by atoms with Gasteiger partial charge in [0.15, 0.2) is 0 Å². The van der Waals surface area contributed by atoms with Crippen molar-refractivity contribution in [1.82, 2.24) is 9.62 Å². The van der Waals surface area contributed by atoms with E-state index >= 15 is 0 Å². The maximum Gasteiger partial charge on any atom is 0.218 e. The van der Waals surface area contributed by atoms with Crippen LogP contribution in [0.5, 0.6) is 0 Å². The molecule has 1 aromatic carbocycles. The molecule has 5 heteroatoms. The maximum absolute atomic E-state index is 12.6. The zero-order chi connectivity index (χ0) is 15.6. The predicted octanol–water partition coefficient (Wildman–Crippen LogP) is 2.15. The Kier molecular flexibility index (Phi) is 4.85. The van der Waals surface area contributed by atoms with Crippen LogP contribution >= 0.6 is 0 Å². The first-order chi connectivity index (χ1) is 10.5. The average Bonchev–Trinajstić information content (AvgIpc) is 3.04. The lowest BCUT2D eigenvalue weighted by atomic mass is 9.84. The standard InChI is InChI=1S/C17H26N2O2S/c1-14-2-4-15(5-3-14)13-22(20,21)19-10-7-16(8-11-19)17-6-9-18-12-17/h2-5,16-18H,6-13H2,1H3. The van der Waals surface area contributed by atoms with Gasteiger partial charge in [0.2, 0.25) is 10.0 Å². The van der Waals surface area contributed by atoms with E-state index in [0.29, 0.717) is 19.0 Å². The minimum atomic E-state index is -3.18. The van der Waals surface area contributed by atoms with E-state index in [1.165, 1.54) is 6.42 Å². The second-order valence-electron chi connectivity index (χ2n) is 6.73. The van der Waals surface area contributed by atoms with Gasteiger partial charge in [0.25, 0.3) is 0 Å². The third kappa shape index (κ3) is 3.70. The summed E-state index contributed by atoms with van der Waals surface area (Å²) in [6, 6.07) is 7.79. The quantitative estimate of drug-likeness (QED) is 0.924. The Morgan fingerprint density at radius 1 is 1.09 bits per heavy atom. The highest BCUT2D eigenvalue weighted by molar-refractivity contribution is 7.88. The van der Waals surface area contributed by atoms with Gasteiger partial charge in [-0.2, -0.15) is 0 Å². The van der Waals surface area contributed by atoms with Crippen LogP contribution in [-0.2, 0) is 15.8 Å². The third-order valence-electron chi connectivity index (χ3n) is 5.13. The molecule has 1 aromatic rings. The lowest BCUT2D eigenvalue weighted by Crippen LogP contribution is -2.40. The molecule has 1 atom stereocenters. The normalized spacial score (nSPS) is 24.7. The lowest BCUT2D eigenvalue weighted by molar-refractivity contribution is 0.216. The molecule has 2 aliphatic rings. The van der Waals surface area contributed by atoms with E-state index in [2.05, 4.69) is 5.32 Å². The van der Waals surface area contributed by atoms with E-state index in [1.54, 1.807) is 4.31 Å². The summed E-state index contributed by atoms with van der Waals surface area (Å²) in [4.78, 5) is 0. The van der Waals surface area contributed by atoms with E-state index < -0.39 is 10.0 Å². The fourth-order valence-corrected chi connectivity index (χ4v) is 5.25. The number of rotatable bonds is 4. The number of hydrogen-bond acceptors (Lipinski definition) is 3. The molecule has 0 aliphatic carbocycles. The Morgan fingerprint density at radius 3 is 2.36 bits per heavy atom. The zero-order valence-corrected chi connectivity index (χ0v) is 14.1. The maximum atomic E-state index is 12.6. The SMILES string of the molecule is Cc1ccc(CS(=O)(=O)N2CCC(C3CCNC3)CC2)cc1. The van der Waals surface area contributed by atoms with E-state index in [0.717, 1.165) is 43.0 Å². The highest BCUT2D eigenvalue weighted by Crippen LogP contribution is 2.30. The summed E-state index contributed by atoms with van der Waals surface area (Å²) in [7, 11) is -3.18. The number of nitrogens with zero attached hydrogens (tertiary/aromatic N) is 1. The molecule has 1 N–H and O–H groups in total. The molecule has 4 nitrogen and oxygen atoms in total. The number of piperidine rings is 1. The first kappa shape index (κ1) is 16.0. The Balaban J connectivity index is 1.58. The van der Waals surface area contributed by atoms with Gasteiger partial charge >= 0.3 is 0 Å². The van der Waals surface area contributed by atoms with Crippen LogP contribution in [0.3, 0.4) is 0 Å². The van der Waals surface area contributed by atoms with Gasteiger partial charge in [-0.25, -0.2) is 12.7 Å². The second-order valence-corrected chi connectivity index (χ2v) is 8.70. The van der Waals surface area contributed by atoms with Gasteiger partial charge in [-0.3, -0.25) is 0 Å². The smallest absolute Gasteiger partial charge is 0.218 e. The van der Waals surface area contributed by atoms with Gasteiger partial charge in [-0.15, -0.1) is 0 Å². The topological polar surface area (TPSA) is 49.4 Å². The molecular weight excluding hydrogens is 296 g/mol. The summed E-state index contributed by atoms with van der Waals surface area (Å²) in [6.45, 7) is 5.63. The van der Waals surface area contributed by atoms with E-state index in [1.807, 2.05) is 31.2 Å². The number of aryl methyl sites for hydroxylation is 1. The van der Waals surface area contributed by atoms with E-state index in [4.69, 9.17) is 0 Å². The number of nitrogens with one attached hydrogen (secondary N) is 1. The van der Waals surface area contributed by atoms with Crippen molar-refractivity contribution < 1.29 is 8.42 Å². The second kappa shape index (κ2) is 6.69. The minimum absolute atomic E-state index is 0.128. The molecule has 0 amide bonds.